The van der Waals surface area contributed by atoms with Gasteiger partial charge in [0.15, 0.2) is 0 Å². The van der Waals surface area contributed by atoms with Gasteiger partial charge in [0.05, 0.1) is 6.10 Å². The smallest absolute Gasteiger partial charge is 0.411 e. The second-order valence-electron chi connectivity index (χ2n) is 3.25. The summed E-state index contributed by atoms with van der Waals surface area (Å²) in [5, 5.41) is 2.49. The third-order valence-electron chi connectivity index (χ3n) is 1.60. The molecule has 0 fully saturated rings. The number of ether oxygens (including phenoxy) is 2. The lowest BCUT2D eigenvalue weighted by Gasteiger charge is -2.10. The van der Waals surface area contributed by atoms with Crippen LogP contribution in [-0.2, 0) is 4.74 Å². The topological polar surface area (TPSA) is 47.6 Å². The van der Waals surface area contributed by atoms with Gasteiger partial charge < -0.3 is 9.47 Å². The van der Waals surface area contributed by atoms with Gasteiger partial charge in [-0.05, 0) is 38.1 Å². The Bertz CT molecular complexity index is 319. The summed E-state index contributed by atoms with van der Waals surface area (Å²) in [4.78, 5) is 10.8. The standard InChI is InChI=1S/C11H14NO3/c1-8(2)15-10-6-4-9(5-7-10)12-11(13)14-3/h4-8H,3H2,1-2H3,(H,12,13). The Morgan fingerprint density at radius 3 is 2.40 bits per heavy atom. The number of benzene rings is 1. The van der Waals surface area contributed by atoms with E-state index in [-0.39, 0.29) is 6.10 Å². The van der Waals surface area contributed by atoms with Crippen LogP contribution in [0.1, 0.15) is 13.8 Å². The van der Waals surface area contributed by atoms with E-state index in [4.69, 9.17) is 4.74 Å². The molecule has 81 valence electrons. The van der Waals surface area contributed by atoms with E-state index in [1.807, 2.05) is 13.8 Å². The van der Waals surface area contributed by atoms with E-state index >= 15 is 0 Å². The summed E-state index contributed by atoms with van der Waals surface area (Å²) in [5.41, 5.74) is 0.639. The second kappa shape index (κ2) is 5.24. The average molecular weight is 208 g/mol. The molecule has 1 N–H and O–H groups in total. The Morgan fingerprint density at radius 1 is 1.33 bits per heavy atom. The largest absolute Gasteiger partial charge is 0.491 e. The quantitative estimate of drug-likeness (QED) is 0.830. The number of nitrogens with one attached hydrogen (secondary N) is 1. The van der Waals surface area contributed by atoms with Crippen molar-refractivity contribution in [1.82, 2.24) is 0 Å². The molecule has 1 rings (SSSR count). The molecule has 4 nitrogen and oxygen atoms in total. The number of hydrogen-bond acceptors (Lipinski definition) is 3. The molecule has 0 spiro atoms. The SMILES string of the molecule is [CH2]OC(=O)Nc1ccc(OC(C)C)cc1. The highest BCUT2D eigenvalue weighted by atomic mass is 16.5. The van der Waals surface area contributed by atoms with E-state index in [1.165, 1.54) is 0 Å². The molecule has 4 heteroatoms. The molecule has 1 radical (unpaired) electrons. The number of carbonyl (C=O) groups is 1. The van der Waals surface area contributed by atoms with Crippen LogP contribution in [0.5, 0.6) is 5.75 Å². The molecule has 0 aromatic heterocycles. The number of carbonyl (C=O) groups excluding carboxylic acids is 1. The summed E-state index contributed by atoms with van der Waals surface area (Å²) >= 11 is 0. The van der Waals surface area contributed by atoms with Crippen LogP contribution in [0.15, 0.2) is 24.3 Å². The molecule has 1 aromatic rings. The van der Waals surface area contributed by atoms with Gasteiger partial charge in [-0.15, -0.1) is 0 Å². The van der Waals surface area contributed by atoms with Crippen molar-refractivity contribution in [2.75, 3.05) is 5.32 Å². The Hall–Kier alpha value is -1.71. The molecule has 0 atom stereocenters. The lowest BCUT2D eigenvalue weighted by Crippen LogP contribution is -2.10. The first-order valence-electron chi connectivity index (χ1n) is 4.61. The van der Waals surface area contributed by atoms with Gasteiger partial charge in [0.25, 0.3) is 0 Å². The molecule has 0 aliphatic heterocycles. The van der Waals surface area contributed by atoms with Crippen molar-refractivity contribution < 1.29 is 14.3 Å². The van der Waals surface area contributed by atoms with Gasteiger partial charge in [0.1, 0.15) is 12.9 Å². The maximum absolute atomic E-state index is 10.8. The van der Waals surface area contributed by atoms with Crippen LogP contribution < -0.4 is 10.1 Å². The van der Waals surface area contributed by atoms with Gasteiger partial charge in [-0.25, -0.2) is 4.79 Å². The van der Waals surface area contributed by atoms with Gasteiger partial charge in [0, 0.05) is 5.69 Å². The van der Waals surface area contributed by atoms with Gasteiger partial charge >= 0.3 is 6.09 Å². The zero-order chi connectivity index (χ0) is 11.3. The van der Waals surface area contributed by atoms with Gasteiger partial charge in [-0.3, -0.25) is 5.32 Å². The first kappa shape index (κ1) is 11.4. The van der Waals surface area contributed by atoms with Crippen molar-refractivity contribution in [3.63, 3.8) is 0 Å². The molecule has 0 unspecified atom stereocenters. The number of amides is 1. The minimum absolute atomic E-state index is 0.133. The summed E-state index contributed by atoms with van der Waals surface area (Å²) in [7, 11) is 3.00. The minimum atomic E-state index is -0.590. The van der Waals surface area contributed by atoms with E-state index in [1.54, 1.807) is 24.3 Å². The normalized spacial score (nSPS) is 9.87. The first-order valence-corrected chi connectivity index (χ1v) is 4.61. The van der Waals surface area contributed by atoms with E-state index in [9.17, 15) is 4.79 Å². The summed E-state index contributed by atoms with van der Waals surface area (Å²) < 4.78 is 9.66. The van der Waals surface area contributed by atoms with Crippen molar-refractivity contribution in [3.8, 4) is 5.75 Å². The van der Waals surface area contributed by atoms with E-state index in [0.29, 0.717) is 5.69 Å². The van der Waals surface area contributed by atoms with Crippen LogP contribution in [0.2, 0.25) is 0 Å². The van der Waals surface area contributed by atoms with Crippen LogP contribution in [0.25, 0.3) is 0 Å². The molecule has 0 saturated carbocycles. The number of hydrogen-bond donors (Lipinski definition) is 1. The van der Waals surface area contributed by atoms with Crippen LogP contribution in [0.4, 0.5) is 10.5 Å². The van der Waals surface area contributed by atoms with E-state index < -0.39 is 6.09 Å². The monoisotopic (exact) mass is 208 g/mol. The summed E-state index contributed by atoms with van der Waals surface area (Å²) in [6.45, 7) is 3.90. The third-order valence-corrected chi connectivity index (χ3v) is 1.60. The Kier molecular flexibility index (Phi) is 3.97. The highest BCUT2D eigenvalue weighted by molar-refractivity contribution is 5.84. The molecule has 1 amide bonds. The van der Waals surface area contributed by atoms with Gasteiger partial charge in [0.2, 0.25) is 0 Å². The Labute approximate surface area is 89.2 Å². The molecule has 0 bridgehead atoms. The Morgan fingerprint density at radius 2 is 1.93 bits per heavy atom. The predicted octanol–water partition coefficient (Wildman–Crippen LogP) is 2.81. The fraction of sp³-hybridized carbons (Fsp3) is 0.273. The molecular weight excluding hydrogens is 194 g/mol. The number of rotatable bonds is 3. The second-order valence-corrected chi connectivity index (χ2v) is 3.25. The van der Waals surface area contributed by atoms with Crippen LogP contribution in [0.3, 0.4) is 0 Å². The fourth-order valence-corrected chi connectivity index (χ4v) is 1.04. The molecule has 0 aliphatic carbocycles. The maximum Gasteiger partial charge on any atom is 0.411 e. The maximum atomic E-state index is 10.8. The Balaban J connectivity index is 2.60. The third kappa shape index (κ3) is 3.89. The average Bonchev–Trinajstić information content (AvgIpc) is 2.20. The molecule has 0 saturated heterocycles. The lowest BCUT2D eigenvalue weighted by atomic mass is 10.3. The van der Waals surface area contributed by atoms with Gasteiger partial charge in [-0.1, -0.05) is 0 Å². The number of anilines is 1. The summed E-state index contributed by atoms with van der Waals surface area (Å²) in [5.74, 6) is 0.763. The fourth-order valence-electron chi connectivity index (χ4n) is 1.04. The van der Waals surface area contributed by atoms with E-state index in [0.717, 1.165) is 5.75 Å². The van der Waals surface area contributed by atoms with Crippen molar-refractivity contribution in [3.05, 3.63) is 31.4 Å². The molecule has 0 aliphatic rings. The van der Waals surface area contributed by atoms with E-state index in [2.05, 4.69) is 17.2 Å². The first-order chi connectivity index (χ1) is 7.11. The minimum Gasteiger partial charge on any atom is -0.491 e. The van der Waals surface area contributed by atoms with Crippen LogP contribution in [0, 0.1) is 7.11 Å². The zero-order valence-corrected chi connectivity index (χ0v) is 8.82. The van der Waals surface area contributed by atoms with Crippen LogP contribution >= 0.6 is 0 Å². The van der Waals surface area contributed by atoms with Crippen molar-refractivity contribution in [2.45, 2.75) is 20.0 Å². The van der Waals surface area contributed by atoms with Crippen molar-refractivity contribution in [2.24, 2.45) is 0 Å². The lowest BCUT2D eigenvalue weighted by molar-refractivity contribution is 0.199. The summed E-state index contributed by atoms with van der Waals surface area (Å²) in [6.07, 6.45) is -0.457. The molecule has 0 heterocycles. The van der Waals surface area contributed by atoms with Crippen molar-refractivity contribution in [1.29, 1.82) is 0 Å². The predicted molar refractivity (Wildman–Crippen MR) is 57.7 cm³/mol. The zero-order valence-electron chi connectivity index (χ0n) is 8.82. The highest BCUT2D eigenvalue weighted by Crippen LogP contribution is 2.16. The van der Waals surface area contributed by atoms with Crippen molar-refractivity contribution >= 4 is 11.8 Å². The summed E-state index contributed by atoms with van der Waals surface area (Å²) in [6, 6.07) is 7.01. The molecular formula is C11H14NO3. The van der Waals surface area contributed by atoms with Gasteiger partial charge in [-0.2, -0.15) is 0 Å². The van der Waals surface area contributed by atoms with Crippen LogP contribution in [-0.4, -0.2) is 12.2 Å². The molecule has 1 aromatic carbocycles. The highest BCUT2D eigenvalue weighted by Gasteiger charge is 2.01. The molecule has 15 heavy (non-hydrogen) atoms.